The number of hydrogen-bond acceptors (Lipinski definition) is 4. The molecule has 0 aliphatic heterocycles. The molecule has 1 amide bonds. The molecular formula is C25H22Cl2N2O3. The van der Waals surface area contributed by atoms with Crippen molar-refractivity contribution in [2.75, 3.05) is 11.9 Å². The second kappa shape index (κ2) is 9.23. The van der Waals surface area contributed by atoms with Crippen molar-refractivity contribution in [3.05, 3.63) is 75.3 Å². The lowest BCUT2D eigenvalue weighted by molar-refractivity contribution is -0.118. The first-order valence-electron chi connectivity index (χ1n) is 10.2. The zero-order chi connectivity index (χ0) is 22.8. The van der Waals surface area contributed by atoms with Gasteiger partial charge in [-0.25, -0.2) is 4.98 Å². The molecule has 0 bridgehead atoms. The van der Waals surface area contributed by atoms with Crippen molar-refractivity contribution >= 4 is 45.9 Å². The third-order valence-electron chi connectivity index (χ3n) is 5.13. The van der Waals surface area contributed by atoms with Crippen LogP contribution in [0.1, 0.15) is 23.6 Å². The summed E-state index contributed by atoms with van der Waals surface area (Å²) in [6.07, 6.45) is 0.923. The van der Waals surface area contributed by atoms with Crippen LogP contribution in [-0.4, -0.2) is 17.5 Å². The summed E-state index contributed by atoms with van der Waals surface area (Å²) in [4.78, 5) is 17.1. The van der Waals surface area contributed by atoms with Crippen LogP contribution in [0.4, 0.5) is 5.69 Å². The van der Waals surface area contributed by atoms with Crippen LogP contribution in [0.3, 0.4) is 0 Å². The van der Waals surface area contributed by atoms with Gasteiger partial charge in [0.05, 0.1) is 10.7 Å². The highest BCUT2D eigenvalue weighted by molar-refractivity contribution is 6.34. The number of carbonyl (C=O) groups is 1. The highest BCUT2D eigenvalue weighted by Crippen LogP contribution is 2.31. The van der Waals surface area contributed by atoms with Gasteiger partial charge in [0.1, 0.15) is 11.3 Å². The number of fused-ring (bicyclic) bond motifs is 1. The lowest BCUT2D eigenvalue weighted by Crippen LogP contribution is -2.20. The predicted molar refractivity (Wildman–Crippen MR) is 129 cm³/mol. The summed E-state index contributed by atoms with van der Waals surface area (Å²) in [6, 6.07) is 14.8. The maximum absolute atomic E-state index is 12.5. The molecule has 3 aromatic carbocycles. The van der Waals surface area contributed by atoms with Gasteiger partial charge in [0.25, 0.3) is 5.91 Å². The van der Waals surface area contributed by atoms with Crippen LogP contribution in [0, 0.1) is 13.8 Å². The SMILES string of the molecule is CCc1ccc2oc(-c3ccc(Cl)c(NC(=O)COc4cc(C)c(Cl)c(C)c4)c3)nc2c1. The fourth-order valence-corrected chi connectivity index (χ4v) is 3.67. The number of ether oxygens (including phenoxy) is 1. The van der Waals surface area contributed by atoms with E-state index in [-0.39, 0.29) is 12.5 Å². The van der Waals surface area contributed by atoms with E-state index < -0.39 is 0 Å². The Hall–Kier alpha value is -3.02. The average Bonchev–Trinajstić information content (AvgIpc) is 3.20. The smallest absolute Gasteiger partial charge is 0.262 e. The topological polar surface area (TPSA) is 64.4 Å². The van der Waals surface area contributed by atoms with Crippen LogP contribution < -0.4 is 10.1 Å². The van der Waals surface area contributed by atoms with Crippen LogP contribution in [0.25, 0.3) is 22.6 Å². The maximum atomic E-state index is 12.5. The van der Waals surface area contributed by atoms with E-state index in [1.807, 2.05) is 32.0 Å². The molecule has 0 atom stereocenters. The Balaban J connectivity index is 1.50. The number of halogens is 2. The summed E-state index contributed by atoms with van der Waals surface area (Å²) in [7, 11) is 0. The predicted octanol–water partition coefficient (Wildman–Crippen LogP) is 7.00. The van der Waals surface area contributed by atoms with Gasteiger partial charge in [0, 0.05) is 10.6 Å². The summed E-state index contributed by atoms with van der Waals surface area (Å²) in [5.41, 5.74) is 5.64. The number of benzene rings is 3. The minimum absolute atomic E-state index is 0.163. The van der Waals surface area contributed by atoms with Gasteiger partial charge >= 0.3 is 0 Å². The summed E-state index contributed by atoms with van der Waals surface area (Å²) >= 11 is 12.5. The van der Waals surface area contributed by atoms with Crippen molar-refractivity contribution in [3.63, 3.8) is 0 Å². The summed E-state index contributed by atoms with van der Waals surface area (Å²) in [6.45, 7) is 5.71. The third kappa shape index (κ3) is 4.74. The van der Waals surface area contributed by atoms with Gasteiger partial charge in [-0.1, -0.05) is 36.2 Å². The van der Waals surface area contributed by atoms with Gasteiger partial charge in [0.15, 0.2) is 12.2 Å². The Morgan fingerprint density at radius 1 is 1.06 bits per heavy atom. The first-order valence-corrected chi connectivity index (χ1v) is 11.0. The van der Waals surface area contributed by atoms with E-state index in [0.29, 0.717) is 38.5 Å². The van der Waals surface area contributed by atoms with Crippen LogP contribution in [-0.2, 0) is 11.2 Å². The van der Waals surface area contributed by atoms with Gasteiger partial charge in [0.2, 0.25) is 5.89 Å². The molecule has 1 aromatic heterocycles. The van der Waals surface area contributed by atoms with Crippen LogP contribution >= 0.6 is 23.2 Å². The molecule has 5 nitrogen and oxygen atoms in total. The molecule has 0 aliphatic carbocycles. The fourth-order valence-electron chi connectivity index (χ4n) is 3.40. The number of aryl methyl sites for hydroxylation is 3. The van der Waals surface area contributed by atoms with Crippen molar-refractivity contribution in [3.8, 4) is 17.2 Å². The number of hydrogen-bond donors (Lipinski definition) is 1. The molecule has 7 heteroatoms. The van der Waals surface area contributed by atoms with Crippen molar-refractivity contribution in [2.45, 2.75) is 27.2 Å². The summed E-state index contributed by atoms with van der Waals surface area (Å²) in [5.74, 6) is 0.709. The lowest BCUT2D eigenvalue weighted by atomic mass is 10.1. The van der Waals surface area contributed by atoms with Crippen LogP contribution in [0.5, 0.6) is 5.75 Å². The van der Waals surface area contributed by atoms with Crippen molar-refractivity contribution in [1.29, 1.82) is 0 Å². The number of aromatic nitrogens is 1. The maximum Gasteiger partial charge on any atom is 0.262 e. The van der Waals surface area contributed by atoms with Crippen LogP contribution in [0.2, 0.25) is 10.0 Å². The highest BCUT2D eigenvalue weighted by atomic mass is 35.5. The van der Waals surface area contributed by atoms with E-state index in [1.54, 1.807) is 30.3 Å². The van der Waals surface area contributed by atoms with Gasteiger partial charge in [-0.15, -0.1) is 0 Å². The van der Waals surface area contributed by atoms with E-state index in [2.05, 4.69) is 17.2 Å². The number of oxazole rings is 1. The molecule has 0 saturated heterocycles. The molecule has 0 fully saturated rings. The number of amides is 1. The molecule has 4 aromatic rings. The number of rotatable bonds is 6. The minimum atomic E-state index is -0.334. The Labute approximate surface area is 196 Å². The molecule has 1 N–H and O–H groups in total. The van der Waals surface area contributed by atoms with E-state index in [0.717, 1.165) is 23.1 Å². The number of anilines is 1. The van der Waals surface area contributed by atoms with E-state index in [9.17, 15) is 4.79 Å². The quantitative estimate of drug-likeness (QED) is 0.330. The molecule has 164 valence electrons. The molecule has 4 rings (SSSR count). The highest BCUT2D eigenvalue weighted by Gasteiger charge is 2.13. The van der Waals surface area contributed by atoms with Gasteiger partial charge in [-0.2, -0.15) is 0 Å². The Kier molecular flexibility index (Phi) is 6.40. The van der Waals surface area contributed by atoms with E-state index >= 15 is 0 Å². The molecule has 0 radical (unpaired) electrons. The largest absolute Gasteiger partial charge is 0.484 e. The third-order valence-corrected chi connectivity index (χ3v) is 6.05. The molecule has 0 saturated carbocycles. The monoisotopic (exact) mass is 468 g/mol. The molecule has 0 aliphatic rings. The normalized spacial score (nSPS) is 11.0. The van der Waals surface area contributed by atoms with Gasteiger partial charge < -0.3 is 14.5 Å². The van der Waals surface area contributed by atoms with Crippen molar-refractivity contribution in [1.82, 2.24) is 4.98 Å². The average molecular weight is 469 g/mol. The van der Waals surface area contributed by atoms with Gasteiger partial charge in [-0.05, 0) is 79.4 Å². The minimum Gasteiger partial charge on any atom is -0.484 e. The standard InChI is InChI=1S/C25H22Cl2N2O3/c1-4-16-5-8-22-21(11-16)29-25(32-22)17-6-7-19(26)20(12-17)28-23(30)13-31-18-9-14(2)24(27)15(3)10-18/h5-12H,4,13H2,1-3H3,(H,28,30). The van der Waals surface area contributed by atoms with Crippen molar-refractivity contribution < 1.29 is 13.9 Å². The molecular weight excluding hydrogens is 447 g/mol. The molecule has 0 unspecified atom stereocenters. The van der Waals surface area contributed by atoms with Crippen LogP contribution in [0.15, 0.2) is 52.9 Å². The number of nitrogens with zero attached hydrogens (tertiary/aromatic N) is 1. The zero-order valence-corrected chi connectivity index (χ0v) is 19.5. The Morgan fingerprint density at radius 2 is 1.81 bits per heavy atom. The van der Waals surface area contributed by atoms with Crippen molar-refractivity contribution in [2.24, 2.45) is 0 Å². The first kappa shape index (κ1) is 22.2. The molecule has 0 spiro atoms. The molecule has 32 heavy (non-hydrogen) atoms. The molecule has 1 heterocycles. The second-order valence-corrected chi connectivity index (χ2v) is 8.36. The fraction of sp³-hybridized carbons (Fsp3) is 0.200. The summed E-state index contributed by atoms with van der Waals surface area (Å²) in [5, 5.41) is 3.89. The van der Waals surface area contributed by atoms with Gasteiger partial charge in [-0.3, -0.25) is 4.79 Å². The Morgan fingerprint density at radius 3 is 2.53 bits per heavy atom. The summed E-state index contributed by atoms with van der Waals surface area (Å²) < 4.78 is 11.5. The van der Waals surface area contributed by atoms with E-state index in [4.69, 9.17) is 32.4 Å². The second-order valence-electron chi connectivity index (χ2n) is 7.58. The van der Waals surface area contributed by atoms with E-state index in [1.165, 1.54) is 5.56 Å². The Bertz CT molecular complexity index is 1290. The first-order chi connectivity index (χ1) is 15.3. The lowest BCUT2D eigenvalue weighted by Gasteiger charge is -2.11. The number of carbonyl (C=O) groups excluding carboxylic acids is 1. The zero-order valence-electron chi connectivity index (χ0n) is 18.0. The number of nitrogens with one attached hydrogen (secondary N) is 1.